The Bertz CT molecular complexity index is 835. The highest BCUT2D eigenvalue weighted by atomic mass is 19.1. The fourth-order valence-corrected chi connectivity index (χ4v) is 3.16. The Labute approximate surface area is 163 Å². The third kappa shape index (κ3) is 4.37. The van der Waals surface area contributed by atoms with Crippen LogP contribution in [0.25, 0.3) is 0 Å². The summed E-state index contributed by atoms with van der Waals surface area (Å²) in [7, 11) is 4.90. The Balaban J connectivity index is 1.63. The van der Waals surface area contributed by atoms with Gasteiger partial charge in [-0.15, -0.1) is 0 Å². The summed E-state index contributed by atoms with van der Waals surface area (Å²) < 4.78 is 24.6. The maximum absolute atomic E-state index is 14.0. The van der Waals surface area contributed by atoms with Gasteiger partial charge in [0.15, 0.2) is 17.3 Å². The summed E-state index contributed by atoms with van der Waals surface area (Å²) in [6, 6.07) is 5.23. The summed E-state index contributed by atoms with van der Waals surface area (Å²) in [5.41, 5.74) is 1.26. The van der Waals surface area contributed by atoms with Crippen LogP contribution in [0.1, 0.15) is 23.7 Å². The Hall–Kier alpha value is -2.78. The van der Waals surface area contributed by atoms with E-state index < -0.39 is 18.1 Å². The van der Waals surface area contributed by atoms with E-state index >= 15 is 0 Å². The van der Waals surface area contributed by atoms with Gasteiger partial charge < -0.3 is 14.4 Å². The minimum Gasteiger partial charge on any atom is -0.493 e. The maximum Gasteiger partial charge on any atom is 0.226 e. The molecule has 3 rings (SSSR count). The lowest BCUT2D eigenvalue weighted by atomic mass is 10.1. The van der Waals surface area contributed by atoms with Crippen molar-refractivity contribution in [2.45, 2.75) is 25.2 Å². The Morgan fingerprint density at radius 2 is 2.11 bits per heavy atom. The third-order valence-corrected chi connectivity index (χ3v) is 4.74. The van der Waals surface area contributed by atoms with E-state index in [1.165, 1.54) is 6.33 Å². The Morgan fingerprint density at radius 3 is 2.82 bits per heavy atom. The van der Waals surface area contributed by atoms with Crippen molar-refractivity contribution in [3.05, 3.63) is 47.8 Å². The van der Waals surface area contributed by atoms with Crippen molar-refractivity contribution in [2.75, 3.05) is 27.8 Å². The molecule has 2 atom stereocenters. The van der Waals surface area contributed by atoms with Gasteiger partial charge in [0.1, 0.15) is 12.6 Å². The molecule has 28 heavy (non-hydrogen) atoms. The van der Waals surface area contributed by atoms with Crippen LogP contribution < -0.4 is 20.1 Å². The second-order valence-electron chi connectivity index (χ2n) is 6.48. The fourth-order valence-electron chi connectivity index (χ4n) is 3.16. The van der Waals surface area contributed by atoms with Crippen LogP contribution in [0.3, 0.4) is 0 Å². The normalized spacial score (nSPS) is 19.6. The van der Waals surface area contributed by atoms with E-state index in [1.807, 2.05) is 18.2 Å². The predicted octanol–water partition coefficient (Wildman–Crippen LogP) is 1.24. The molecule has 0 saturated carbocycles. The molecule has 0 bridgehead atoms. The standard InChI is InChI=1S/C19H24FN5O3/c1-25-17(26)9-14(18-13(20)10-21-11-23-18)24-19(25)22-7-6-12-4-5-15(27-2)16(8-12)28-3/h4-5,8,10-11,14,19,22,24H,6-7,9H2,1-3H3. The van der Waals surface area contributed by atoms with Crippen LogP contribution in [-0.2, 0) is 11.2 Å². The smallest absolute Gasteiger partial charge is 0.226 e. The molecule has 1 aromatic carbocycles. The molecule has 0 aliphatic carbocycles. The zero-order valence-corrected chi connectivity index (χ0v) is 16.1. The lowest BCUT2D eigenvalue weighted by Gasteiger charge is -2.38. The van der Waals surface area contributed by atoms with Crippen molar-refractivity contribution < 1.29 is 18.7 Å². The molecule has 8 nitrogen and oxygen atoms in total. The molecule has 2 N–H and O–H groups in total. The van der Waals surface area contributed by atoms with Gasteiger partial charge in [0, 0.05) is 20.0 Å². The van der Waals surface area contributed by atoms with Crippen LogP contribution in [0, 0.1) is 5.82 Å². The second kappa shape index (κ2) is 8.94. The van der Waals surface area contributed by atoms with E-state index in [2.05, 4.69) is 20.6 Å². The number of hydrogen-bond acceptors (Lipinski definition) is 7. The van der Waals surface area contributed by atoms with Crippen molar-refractivity contribution in [1.82, 2.24) is 25.5 Å². The lowest BCUT2D eigenvalue weighted by Crippen LogP contribution is -2.60. The average Bonchev–Trinajstić information content (AvgIpc) is 2.71. The van der Waals surface area contributed by atoms with Crippen LogP contribution in [0.5, 0.6) is 11.5 Å². The zero-order valence-electron chi connectivity index (χ0n) is 16.1. The van der Waals surface area contributed by atoms with E-state index in [0.717, 1.165) is 11.8 Å². The number of rotatable bonds is 7. The number of nitrogens with one attached hydrogen (secondary N) is 2. The van der Waals surface area contributed by atoms with E-state index in [4.69, 9.17) is 9.47 Å². The fraction of sp³-hybridized carbons (Fsp3) is 0.421. The van der Waals surface area contributed by atoms with E-state index in [1.54, 1.807) is 26.2 Å². The van der Waals surface area contributed by atoms with Crippen molar-refractivity contribution in [1.29, 1.82) is 0 Å². The number of halogens is 1. The van der Waals surface area contributed by atoms with Gasteiger partial charge in [0.05, 0.1) is 32.2 Å². The first kappa shape index (κ1) is 20.0. The number of nitrogens with zero attached hydrogens (tertiary/aromatic N) is 3. The Morgan fingerprint density at radius 1 is 1.32 bits per heavy atom. The summed E-state index contributed by atoms with van der Waals surface area (Å²) in [5, 5.41) is 6.53. The zero-order chi connectivity index (χ0) is 20.1. The van der Waals surface area contributed by atoms with Crippen molar-refractivity contribution in [2.24, 2.45) is 0 Å². The maximum atomic E-state index is 14.0. The van der Waals surface area contributed by atoms with Crippen LogP contribution in [0.2, 0.25) is 0 Å². The molecule has 0 radical (unpaired) electrons. The molecule has 2 heterocycles. The number of carbonyl (C=O) groups is 1. The highest BCUT2D eigenvalue weighted by molar-refractivity contribution is 5.77. The molecule has 0 spiro atoms. The molecule has 2 unspecified atom stereocenters. The first-order valence-corrected chi connectivity index (χ1v) is 8.95. The Kier molecular flexibility index (Phi) is 6.37. The molecule has 1 aliphatic heterocycles. The summed E-state index contributed by atoms with van der Waals surface area (Å²) in [6.45, 7) is 0.601. The van der Waals surface area contributed by atoms with E-state index in [-0.39, 0.29) is 18.0 Å². The number of carbonyl (C=O) groups excluding carboxylic acids is 1. The highest BCUT2D eigenvalue weighted by Gasteiger charge is 2.33. The molecule has 2 aromatic rings. The second-order valence-corrected chi connectivity index (χ2v) is 6.48. The minimum absolute atomic E-state index is 0.0922. The van der Waals surface area contributed by atoms with Gasteiger partial charge in [-0.1, -0.05) is 6.07 Å². The summed E-state index contributed by atoms with van der Waals surface area (Å²) in [5.74, 6) is 0.724. The van der Waals surface area contributed by atoms with Crippen molar-refractivity contribution in [3.8, 4) is 11.5 Å². The predicted molar refractivity (Wildman–Crippen MR) is 100 cm³/mol. The summed E-state index contributed by atoms with van der Waals surface area (Å²) in [4.78, 5) is 21.6. The topological polar surface area (TPSA) is 88.6 Å². The molecule has 1 saturated heterocycles. The number of ether oxygens (including phenoxy) is 2. The molecular weight excluding hydrogens is 365 g/mol. The molecule has 1 fully saturated rings. The summed E-state index contributed by atoms with van der Waals surface area (Å²) >= 11 is 0. The van der Waals surface area contributed by atoms with Gasteiger partial charge in [-0.2, -0.15) is 0 Å². The first-order chi connectivity index (χ1) is 13.5. The SMILES string of the molecule is COc1ccc(CCNC2NC(c3ncncc3F)CC(=O)N2C)cc1OC. The quantitative estimate of drug-likeness (QED) is 0.737. The molecular formula is C19H24FN5O3. The van der Waals surface area contributed by atoms with Gasteiger partial charge >= 0.3 is 0 Å². The first-order valence-electron chi connectivity index (χ1n) is 8.95. The molecule has 9 heteroatoms. The average molecular weight is 389 g/mol. The number of benzene rings is 1. The van der Waals surface area contributed by atoms with Crippen molar-refractivity contribution in [3.63, 3.8) is 0 Å². The van der Waals surface area contributed by atoms with Gasteiger partial charge in [-0.3, -0.25) is 15.4 Å². The molecule has 1 aromatic heterocycles. The van der Waals surface area contributed by atoms with Gasteiger partial charge in [0.25, 0.3) is 0 Å². The van der Waals surface area contributed by atoms with Gasteiger partial charge in [0.2, 0.25) is 5.91 Å². The van der Waals surface area contributed by atoms with Crippen LogP contribution in [0.4, 0.5) is 4.39 Å². The molecule has 150 valence electrons. The van der Waals surface area contributed by atoms with Crippen molar-refractivity contribution >= 4 is 5.91 Å². The molecule has 1 amide bonds. The lowest BCUT2D eigenvalue weighted by molar-refractivity contribution is -0.137. The van der Waals surface area contributed by atoms with E-state index in [9.17, 15) is 9.18 Å². The van der Waals surface area contributed by atoms with Crippen LogP contribution in [0.15, 0.2) is 30.7 Å². The monoisotopic (exact) mass is 389 g/mol. The van der Waals surface area contributed by atoms with Crippen LogP contribution >= 0.6 is 0 Å². The number of aromatic nitrogens is 2. The van der Waals surface area contributed by atoms with Gasteiger partial charge in [-0.05, 0) is 24.1 Å². The van der Waals surface area contributed by atoms with E-state index in [0.29, 0.717) is 24.5 Å². The molecule has 1 aliphatic rings. The number of methoxy groups -OCH3 is 2. The van der Waals surface area contributed by atoms with Crippen LogP contribution in [-0.4, -0.2) is 54.9 Å². The number of hydrogen-bond donors (Lipinski definition) is 2. The highest BCUT2D eigenvalue weighted by Crippen LogP contribution is 2.27. The largest absolute Gasteiger partial charge is 0.493 e. The van der Waals surface area contributed by atoms with Gasteiger partial charge in [-0.25, -0.2) is 14.4 Å². The number of amides is 1. The summed E-state index contributed by atoms with van der Waals surface area (Å²) in [6.07, 6.45) is 2.81. The minimum atomic E-state index is -0.526. The third-order valence-electron chi connectivity index (χ3n) is 4.74.